The van der Waals surface area contributed by atoms with E-state index in [0.29, 0.717) is 0 Å². The first-order chi connectivity index (χ1) is 13.0. The predicted octanol–water partition coefficient (Wildman–Crippen LogP) is 1.65. The van der Waals surface area contributed by atoms with E-state index < -0.39 is 23.9 Å². The molecule has 0 aromatic carbocycles. The summed E-state index contributed by atoms with van der Waals surface area (Å²) in [6, 6.07) is -1.20. The zero-order chi connectivity index (χ0) is 19.4. The Morgan fingerprint density at radius 2 is 1.44 bits per heavy atom. The third-order valence-corrected chi connectivity index (χ3v) is 6.17. The van der Waals surface area contributed by atoms with E-state index in [-0.39, 0.29) is 36.6 Å². The maximum absolute atomic E-state index is 13.0. The Morgan fingerprint density at radius 1 is 0.852 bits per heavy atom. The van der Waals surface area contributed by atoms with Crippen molar-refractivity contribution in [1.29, 1.82) is 0 Å². The lowest BCUT2D eigenvalue weighted by molar-refractivity contribution is -0.151. The molecule has 4 amide bonds. The normalized spacial score (nSPS) is 31.9. The van der Waals surface area contributed by atoms with Gasteiger partial charge >= 0.3 is 0 Å². The van der Waals surface area contributed by atoms with Crippen LogP contribution in [0.25, 0.3) is 0 Å². The lowest BCUT2D eigenvalue weighted by Gasteiger charge is -2.29. The molecule has 0 aromatic heterocycles. The molecule has 2 aliphatic heterocycles. The summed E-state index contributed by atoms with van der Waals surface area (Å²) in [5, 5.41) is 5.69. The maximum Gasteiger partial charge on any atom is 0.249 e. The highest BCUT2D eigenvalue weighted by Crippen LogP contribution is 2.27. The van der Waals surface area contributed by atoms with Crippen molar-refractivity contribution < 1.29 is 19.2 Å². The van der Waals surface area contributed by atoms with Crippen LogP contribution >= 0.6 is 0 Å². The number of hydrogen-bond donors (Lipinski definition) is 2. The van der Waals surface area contributed by atoms with Gasteiger partial charge in [0.05, 0.1) is 12.0 Å². The number of nitrogens with one attached hydrogen (secondary N) is 2. The second-order valence-corrected chi connectivity index (χ2v) is 8.20. The van der Waals surface area contributed by atoms with Crippen molar-refractivity contribution >= 4 is 23.6 Å². The molecule has 0 radical (unpaired) electrons. The van der Waals surface area contributed by atoms with Gasteiger partial charge in [-0.25, -0.2) is 0 Å². The van der Waals surface area contributed by atoms with Crippen molar-refractivity contribution in [2.75, 3.05) is 0 Å². The summed E-state index contributed by atoms with van der Waals surface area (Å²) in [6.07, 6.45) is 11.0. The van der Waals surface area contributed by atoms with Gasteiger partial charge in [-0.3, -0.25) is 29.4 Å². The third-order valence-electron chi connectivity index (χ3n) is 6.17. The molecule has 7 nitrogen and oxygen atoms in total. The van der Waals surface area contributed by atoms with Gasteiger partial charge in [-0.2, -0.15) is 0 Å². The smallest absolute Gasteiger partial charge is 0.249 e. The predicted molar refractivity (Wildman–Crippen MR) is 99.5 cm³/mol. The molecule has 0 bridgehead atoms. The number of carbonyl (C=O) groups excluding carboxylic acids is 4. The Bertz CT molecular complexity index is 596. The molecule has 0 aromatic rings. The standard InChI is InChI=1S/C20H31N3O4/c1-13-17(21-14-9-7-5-3-2-4-6-8-10-14)20(27)23(19(13)26)15-11-12-16(24)22-18(15)25/h13-15,17,21H,2-12H2,1H3,(H,22,24,25). The molecular formula is C20H31N3O4. The summed E-state index contributed by atoms with van der Waals surface area (Å²) in [7, 11) is 0. The third kappa shape index (κ3) is 4.57. The van der Waals surface area contributed by atoms with E-state index in [1.54, 1.807) is 6.92 Å². The van der Waals surface area contributed by atoms with Gasteiger partial charge in [0.1, 0.15) is 6.04 Å². The highest BCUT2D eigenvalue weighted by Gasteiger charge is 2.50. The van der Waals surface area contributed by atoms with Crippen molar-refractivity contribution in [3.8, 4) is 0 Å². The topological polar surface area (TPSA) is 95.6 Å². The Hall–Kier alpha value is -1.76. The molecule has 2 heterocycles. The Balaban J connectivity index is 1.66. The number of hydrogen-bond acceptors (Lipinski definition) is 5. The minimum Gasteiger partial charge on any atom is -0.302 e. The Kier molecular flexibility index (Phi) is 6.63. The average Bonchev–Trinajstić information content (AvgIpc) is 2.84. The van der Waals surface area contributed by atoms with Gasteiger partial charge in [0.2, 0.25) is 23.6 Å². The lowest BCUT2D eigenvalue weighted by atomic mass is 9.95. The Labute approximate surface area is 160 Å². The minimum absolute atomic E-state index is 0.155. The number of nitrogens with zero attached hydrogens (tertiary/aromatic N) is 1. The number of rotatable bonds is 3. The highest BCUT2D eigenvalue weighted by molar-refractivity contribution is 6.11. The van der Waals surface area contributed by atoms with E-state index in [9.17, 15) is 19.2 Å². The molecule has 3 fully saturated rings. The van der Waals surface area contributed by atoms with Crippen LogP contribution in [-0.2, 0) is 19.2 Å². The molecule has 3 atom stereocenters. The van der Waals surface area contributed by atoms with Crippen molar-refractivity contribution in [3.05, 3.63) is 0 Å². The van der Waals surface area contributed by atoms with Crippen LogP contribution in [0.4, 0.5) is 0 Å². The summed E-state index contributed by atoms with van der Waals surface area (Å²) in [5.41, 5.74) is 0. The lowest BCUT2D eigenvalue weighted by Crippen LogP contribution is -2.55. The van der Waals surface area contributed by atoms with Crippen LogP contribution in [0.15, 0.2) is 0 Å². The van der Waals surface area contributed by atoms with Crippen molar-refractivity contribution in [2.45, 2.75) is 95.7 Å². The van der Waals surface area contributed by atoms with E-state index in [4.69, 9.17) is 0 Å². The molecule has 0 spiro atoms. The van der Waals surface area contributed by atoms with Crippen LogP contribution in [0.2, 0.25) is 0 Å². The molecular weight excluding hydrogens is 346 g/mol. The van der Waals surface area contributed by atoms with Crippen molar-refractivity contribution in [2.24, 2.45) is 5.92 Å². The van der Waals surface area contributed by atoms with Gasteiger partial charge in [0.25, 0.3) is 0 Å². The number of imide groups is 2. The van der Waals surface area contributed by atoms with Crippen LogP contribution in [0.5, 0.6) is 0 Å². The summed E-state index contributed by atoms with van der Waals surface area (Å²) in [5.74, 6) is -2.01. The highest BCUT2D eigenvalue weighted by atomic mass is 16.2. The first-order valence-electron chi connectivity index (χ1n) is 10.5. The summed E-state index contributed by atoms with van der Waals surface area (Å²) < 4.78 is 0. The molecule has 1 aliphatic carbocycles. The number of carbonyl (C=O) groups is 4. The van der Waals surface area contributed by atoms with Gasteiger partial charge in [0.15, 0.2) is 0 Å². The van der Waals surface area contributed by atoms with Crippen LogP contribution in [-0.4, -0.2) is 46.7 Å². The maximum atomic E-state index is 13.0. The molecule has 27 heavy (non-hydrogen) atoms. The van der Waals surface area contributed by atoms with Crippen LogP contribution < -0.4 is 10.6 Å². The zero-order valence-electron chi connectivity index (χ0n) is 16.2. The fraction of sp³-hybridized carbons (Fsp3) is 0.800. The minimum atomic E-state index is -0.860. The van der Waals surface area contributed by atoms with Gasteiger partial charge < -0.3 is 5.32 Å². The molecule has 150 valence electrons. The molecule has 2 N–H and O–H groups in total. The van der Waals surface area contributed by atoms with Gasteiger partial charge in [0, 0.05) is 12.5 Å². The van der Waals surface area contributed by atoms with E-state index >= 15 is 0 Å². The van der Waals surface area contributed by atoms with Crippen molar-refractivity contribution in [1.82, 2.24) is 15.5 Å². The molecule has 3 aliphatic rings. The summed E-state index contributed by atoms with van der Waals surface area (Å²) >= 11 is 0. The Morgan fingerprint density at radius 3 is 2.04 bits per heavy atom. The van der Waals surface area contributed by atoms with Crippen molar-refractivity contribution in [3.63, 3.8) is 0 Å². The van der Waals surface area contributed by atoms with Gasteiger partial charge in [-0.05, 0) is 19.3 Å². The van der Waals surface area contributed by atoms with Crippen LogP contribution in [0.3, 0.4) is 0 Å². The second-order valence-electron chi connectivity index (χ2n) is 8.20. The van der Waals surface area contributed by atoms with Gasteiger partial charge in [-0.15, -0.1) is 0 Å². The first kappa shape index (κ1) is 20.0. The van der Waals surface area contributed by atoms with Gasteiger partial charge in [-0.1, -0.05) is 51.9 Å². The molecule has 2 saturated heterocycles. The van der Waals surface area contributed by atoms with E-state index in [1.165, 1.54) is 32.1 Å². The SMILES string of the molecule is CC1C(=O)N(C2CCC(=O)NC2=O)C(=O)C1NC1CCCCCCCCC1. The summed E-state index contributed by atoms with van der Waals surface area (Å²) in [4.78, 5) is 50.3. The van der Waals surface area contributed by atoms with E-state index in [2.05, 4.69) is 10.6 Å². The van der Waals surface area contributed by atoms with E-state index in [0.717, 1.165) is 30.6 Å². The number of piperidine rings is 1. The fourth-order valence-corrected chi connectivity index (χ4v) is 4.52. The number of likely N-dealkylation sites (tertiary alicyclic amines) is 1. The number of amides is 4. The second kappa shape index (κ2) is 8.95. The largest absolute Gasteiger partial charge is 0.302 e. The summed E-state index contributed by atoms with van der Waals surface area (Å²) in [6.45, 7) is 1.75. The quantitative estimate of drug-likeness (QED) is 0.729. The fourth-order valence-electron chi connectivity index (χ4n) is 4.52. The molecule has 7 heteroatoms. The first-order valence-corrected chi connectivity index (χ1v) is 10.5. The van der Waals surface area contributed by atoms with Crippen LogP contribution in [0, 0.1) is 5.92 Å². The molecule has 1 saturated carbocycles. The average molecular weight is 377 g/mol. The molecule has 3 unspecified atom stereocenters. The van der Waals surface area contributed by atoms with E-state index in [1.807, 2.05) is 0 Å². The monoisotopic (exact) mass is 377 g/mol. The zero-order valence-corrected chi connectivity index (χ0v) is 16.2. The molecule has 3 rings (SSSR count). The van der Waals surface area contributed by atoms with Crippen LogP contribution in [0.1, 0.15) is 77.6 Å².